The highest BCUT2D eigenvalue weighted by Crippen LogP contribution is 2.37. The first-order valence-electron chi connectivity index (χ1n) is 11.1. The van der Waals surface area contributed by atoms with Crippen molar-refractivity contribution in [3.05, 3.63) is 72.0 Å². The zero-order chi connectivity index (χ0) is 27.1. The van der Waals surface area contributed by atoms with E-state index in [0.717, 1.165) is 18.2 Å². The Labute approximate surface area is 210 Å². The van der Waals surface area contributed by atoms with Gasteiger partial charge in [0.2, 0.25) is 23.3 Å². The van der Waals surface area contributed by atoms with E-state index in [0.29, 0.717) is 19.2 Å². The van der Waals surface area contributed by atoms with Gasteiger partial charge in [-0.1, -0.05) is 0 Å². The van der Waals surface area contributed by atoms with Crippen LogP contribution in [0.4, 0.5) is 27.8 Å². The molecule has 2 aromatic heterocycles. The van der Waals surface area contributed by atoms with E-state index in [1.165, 1.54) is 22.0 Å². The Hall–Kier alpha value is -4.75. The van der Waals surface area contributed by atoms with Gasteiger partial charge in [-0.25, -0.2) is 27.8 Å². The normalized spacial score (nSPS) is 15.6. The second-order valence-corrected chi connectivity index (χ2v) is 8.33. The maximum Gasteiger partial charge on any atom is 0.249 e. The lowest BCUT2D eigenvalue weighted by atomic mass is 10.1. The van der Waals surface area contributed by atoms with Crippen molar-refractivity contribution in [2.45, 2.75) is 12.5 Å². The number of likely N-dealkylation sites (tertiary alicyclic amines) is 1. The SMILES string of the molecule is Nc1ncnc2c1c(-c1ccc(Oc3c(F)c(F)cc(F)c3F)cc1F)nn2[C@@H]1CCN(C(=O)/C=C/O)C1. The third kappa shape index (κ3) is 4.23. The molecule has 1 saturated heterocycles. The predicted octanol–water partition coefficient (Wildman–Crippen LogP) is 4.41. The van der Waals surface area contributed by atoms with Crippen LogP contribution in [-0.4, -0.2) is 48.8 Å². The van der Waals surface area contributed by atoms with Crippen molar-refractivity contribution in [2.75, 3.05) is 18.8 Å². The number of rotatable bonds is 5. The number of amides is 1. The molecule has 1 fully saturated rings. The Balaban J connectivity index is 1.52. The van der Waals surface area contributed by atoms with E-state index < -0.39 is 46.5 Å². The average Bonchev–Trinajstić information content (AvgIpc) is 3.52. The number of carbonyl (C=O) groups excluding carboxylic acids is 1. The van der Waals surface area contributed by atoms with Gasteiger partial charge < -0.3 is 20.5 Å². The van der Waals surface area contributed by atoms with Crippen molar-refractivity contribution in [3.63, 3.8) is 0 Å². The van der Waals surface area contributed by atoms with Gasteiger partial charge in [-0.3, -0.25) is 4.79 Å². The molecule has 14 heteroatoms. The highest BCUT2D eigenvalue weighted by molar-refractivity contribution is 5.98. The van der Waals surface area contributed by atoms with Gasteiger partial charge in [0.05, 0.1) is 17.7 Å². The van der Waals surface area contributed by atoms with E-state index in [-0.39, 0.29) is 46.8 Å². The number of benzene rings is 2. The van der Waals surface area contributed by atoms with Crippen LogP contribution in [-0.2, 0) is 4.79 Å². The lowest BCUT2D eigenvalue weighted by Crippen LogP contribution is -2.27. The average molecular weight is 532 g/mol. The van der Waals surface area contributed by atoms with Crippen molar-refractivity contribution in [2.24, 2.45) is 0 Å². The van der Waals surface area contributed by atoms with Gasteiger partial charge >= 0.3 is 0 Å². The Morgan fingerprint density at radius 1 is 1.08 bits per heavy atom. The lowest BCUT2D eigenvalue weighted by molar-refractivity contribution is -0.125. The molecule has 4 aromatic rings. The summed E-state index contributed by atoms with van der Waals surface area (Å²) in [5.41, 5.74) is 6.30. The molecule has 2 aromatic carbocycles. The van der Waals surface area contributed by atoms with Gasteiger partial charge in [0.25, 0.3) is 0 Å². The van der Waals surface area contributed by atoms with Crippen molar-refractivity contribution < 1.29 is 36.6 Å². The summed E-state index contributed by atoms with van der Waals surface area (Å²) in [6, 6.07) is 2.75. The van der Waals surface area contributed by atoms with E-state index in [9.17, 15) is 22.4 Å². The third-order valence-electron chi connectivity index (χ3n) is 6.04. The molecule has 1 atom stereocenters. The first-order valence-corrected chi connectivity index (χ1v) is 11.1. The van der Waals surface area contributed by atoms with Crippen LogP contribution in [0.5, 0.6) is 11.5 Å². The Bertz CT molecular complexity index is 1580. The van der Waals surface area contributed by atoms with Gasteiger partial charge in [-0.2, -0.15) is 13.9 Å². The summed E-state index contributed by atoms with van der Waals surface area (Å²) in [6.45, 7) is 0.610. The topological polar surface area (TPSA) is 119 Å². The van der Waals surface area contributed by atoms with Crippen LogP contribution in [0.25, 0.3) is 22.3 Å². The summed E-state index contributed by atoms with van der Waals surface area (Å²) in [6.07, 6.45) is 3.36. The van der Waals surface area contributed by atoms with Crippen LogP contribution in [0.1, 0.15) is 12.5 Å². The van der Waals surface area contributed by atoms with Gasteiger partial charge in [0, 0.05) is 36.9 Å². The maximum atomic E-state index is 15.3. The number of nitrogens with two attached hydrogens (primary N) is 1. The molecule has 0 radical (unpaired) electrons. The second-order valence-electron chi connectivity index (χ2n) is 8.33. The number of aliphatic hydroxyl groups is 1. The minimum atomic E-state index is -1.78. The van der Waals surface area contributed by atoms with Crippen LogP contribution < -0.4 is 10.5 Å². The van der Waals surface area contributed by atoms with Crippen LogP contribution in [0.15, 0.2) is 42.9 Å². The summed E-state index contributed by atoms with van der Waals surface area (Å²) in [5, 5.41) is 13.6. The smallest absolute Gasteiger partial charge is 0.249 e. The summed E-state index contributed by atoms with van der Waals surface area (Å²) in [4.78, 5) is 21.8. The molecule has 1 aliphatic heterocycles. The molecule has 0 unspecified atom stereocenters. The van der Waals surface area contributed by atoms with Crippen molar-refractivity contribution in [1.29, 1.82) is 0 Å². The second kappa shape index (κ2) is 9.61. The van der Waals surface area contributed by atoms with Gasteiger partial charge in [-0.15, -0.1) is 0 Å². The number of aliphatic hydroxyl groups excluding tert-OH is 1. The maximum absolute atomic E-state index is 15.3. The van der Waals surface area contributed by atoms with Gasteiger partial charge in [-0.05, 0) is 18.6 Å². The predicted molar refractivity (Wildman–Crippen MR) is 123 cm³/mol. The minimum absolute atomic E-state index is 0.00416. The Morgan fingerprint density at radius 2 is 1.82 bits per heavy atom. The molecule has 3 N–H and O–H groups in total. The molecule has 9 nitrogen and oxygen atoms in total. The Kier molecular flexibility index (Phi) is 6.30. The zero-order valence-electron chi connectivity index (χ0n) is 19.2. The van der Waals surface area contributed by atoms with Crippen LogP contribution in [0.3, 0.4) is 0 Å². The number of ether oxygens (including phenoxy) is 1. The number of anilines is 1. The quantitative estimate of drug-likeness (QED) is 0.169. The van der Waals surface area contributed by atoms with Gasteiger partial charge in [0.1, 0.15) is 29.4 Å². The van der Waals surface area contributed by atoms with Crippen LogP contribution in [0, 0.1) is 29.1 Å². The van der Waals surface area contributed by atoms with E-state index in [2.05, 4.69) is 15.1 Å². The highest BCUT2D eigenvalue weighted by atomic mass is 19.2. The number of fused-ring (bicyclic) bond motifs is 1. The molecule has 0 aliphatic carbocycles. The molecule has 0 spiro atoms. The van der Waals surface area contributed by atoms with E-state index in [4.69, 9.17) is 15.6 Å². The molecule has 0 bridgehead atoms. The lowest BCUT2D eigenvalue weighted by Gasteiger charge is -2.14. The van der Waals surface area contributed by atoms with Crippen molar-refractivity contribution in [3.8, 4) is 22.8 Å². The highest BCUT2D eigenvalue weighted by Gasteiger charge is 2.31. The van der Waals surface area contributed by atoms with E-state index in [1.807, 2.05) is 0 Å². The number of nitrogen functional groups attached to an aromatic ring is 1. The molecule has 1 amide bonds. The van der Waals surface area contributed by atoms with E-state index in [1.54, 1.807) is 0 Å². The zero-order valence-corrected chi connectivity index (χ0v) is 19.2. The number of halogens is 5. The fourth-order valence-corrected chi connectivity index (χ4v) is 4.26. The van der Waals surface area contributed by atoms with Crippen molar-refractivity contribution >= 4 is 22.8 Å². The molecule has 0 saturated carbocycles. The molecule has 5 rings (SSSR count). The summed E-state index contributed by atoms with van der Waals surface area (Å²) < 4.78 is 76.7. The largest absolute Gasteiger partial charge is 0.515 e. The Morgan fingerprint density at radius 3 is 2.50 bits per heavy atom. The van der Waals surface area contributed by atoms with Crippen LogP contribution in [0.2, 0.25) is 0 Å². The monoisotopic (exact) mass is 532 g/mol. The molecule has 1 aliphatic rings. The summed E-state index contributed by atoms with van der Waals surface area (Å²) >= 11 is 0. The summed E-state index contributed by atoms with van der Waals surface area (Å²) in [5.74, 6) is -10.1. The molecule has 3 heterocycles. The molecular weight excluding hydrogens is 515 g/mol. The molecular formula is C24H17F5N6O3. The molecule has 196 valence electrons. The number of hydrogen-bond acceptors (Lipinski definition) is 7. The van der Waals surface area contributed by atoms with Gasteiger partial charge in [0.15, 0.2) is 17.3 Å². The summed E-state index contributed by atoms with van der Waals surface area (Å²) in [7, 11) is 0. The van der Waals surface area contributed by atoms with E-state index >= 15 is 4.39 Å². The fourth-order valence-electron chi connectivity index (χ4n) is 4.26. The minimum Gasteiger partial charge on any atom is -0.515 e. The number of hydrogen-bond donors (Lipinski definition) is 2. The third-order valence-corrected chi connectivity index (χ3v) is 6.04. The number of aromatic nitrogens is 4. The number of carbonyl (C=O) groups is 1. The standard InChI is InChI=1S/C24H17F5N6O3/c25-14-7-12(38-22-19(28)15(26)8-16(27)20(22)29)1-2-13(14)21-18-23(30)31-10-32-24(18)35(33-21)11-3-5-34(9-11)17(37)4-6-36/h1-2,4,6-8,10-11,36H,3,5,9H2,(H2,30,31,32)/b6-4+/t11-/m1/s1. The fraction of sp³-hybridized carbons (Fsp3) is 0.167. The first kappa shape index (κ1) is 24.9. The van der Waals surface area contributed by atoms with Crippen molar-refractivity contribution in [1.82, 2.24) is 24.6 Å². The molecule has 38 heavy (non-hydrogen) atoms. The van der Waals surface area contributed by atoms with Crippen LogP contribution >= 0.6 is 0 Å². The number of nitrogens with zero attached hydrogens (tertiary/aromatic N) is 5. The first-order chi connectivity index (χ1) is 18.2.